The van der Waals surface area contributed by atoms with Gasteiger partial charge in [-0.2, -0.15) is 9.61 Å². The van der Waals surface area contributed by atoms with Gasteiger partial charge in [-0.25, -0.2) is 9.97 Å². The van der Waals surface area contributed by atoms with E-state index in [9.17, 15) is 14.2 Å². The number of nitrogen functional groups attached to an aromatic ring is 1. The molecule has 0 amide bonds. The summed E-state index contributed by atoms with van der Waals surface area (Å²) in [5, 5.41) is 4.11. The molecular formula is C20H32N5O8P. The Balaban J connectivity index is 1.94. The minimum Gasteiger partial charge on any atom is -0.438 e. The summed E-state index contributed by atoms with van der Waals surface area (Å²) in [5.41, 5.74) is 5.47. The predicted molar refractivity (Wildman–Crippen MR) is 120 cm³/mol. The van der Waals surface area contributed by atoms with E-state index in [0.29, 0.717) is 12.1 Å². The van der Waals surface area contributed by atoms with Crippen molar-refractivity contribution in [2.45, 2.75) is 48.0 Å². The van der Waals surface area contributed by atoms with Crippen LogP contribution in [0.15, 0.2) is 12.5 Å². The molecule has 2 heterocycles. The Morgan fingerprint density at radius 2 is 1.56 bits per heavy atom. The number of esters is 2. The van der Waals surface area contributed by atoms with Gasteiger partial charge in [-0.1, -0.05) is 0 Å². The third kappa shape index (κ3) is 8.01. The van der Waals surface area contributed by atoms with E-state index in [2.05, 4.69) is 15.1 Å². The Morgan fingerprint density at radius 1 is 1.00 bits per heavy atom. The molecule has 190 valence electrons. The molecule has 0 aliphatic rings. The Kier molecular flexibility index (Phi) is 9.12. The molecule has 0 saturated carbocycles. The van der Waals surface area contributed by atoms with Crippen molar-refractivity contribution in [1.29, 1.82) is 0 Å². The number of carbonyl (C=O) groups excluding carboxylic acids is 2. The van der Waals surface area contributed by atoms with Crippen LogP contribution < -0.4 is 5.73 Å². The minimum absolute atomic E-state index is 0.117. The average Bonchev–Trinajstić information content (AvgIpc) is 3.14. The molecule has 0 aromatic carbocycles. The fourth-order valence-corrected chi connectivity index (χ4v) is 3.28. The van der Waals surface area contributed by atoms with Gasteiger partial charge < -0.3 is 19.9 Å². The highest BCUT2D eigenvalue weighted by Crippen LogP contribution is 2.48. The first-order valence-electron chi connectivity index (χ1n) is 10.5. The molecule has 13 nitrogen and oxygen atoms in total. The monoisotopic (exact) mass is 501 g/mol. The molecule has 0 unspecified atom stereocenters. The molecule has 0 spiro atoms. The van der Waals surface area contributed by atoms with Gasteiger partial charge in [0.25, 0.3) is 0 Å². The van der Waals surface area contributed by atoms with Gasteiger partial charge >= 0.3 is 19.5 Å². The molecule has 2 rings (SSSR count). The van der Waals surface area contributed by atoms with Crippen LogP contribution in [-0.4, -0.2) is 58.1 Å². The summed E-state index contributed by atoms with van der Waals surface area (Å²) >= 11 is 0. The molecule has 0 bridgehead atoms. The largest absolute Gasteiger partial charge is 0.438 e. The van der Waals surface area contributed by atoms with Crippen molar-refractivity contribution in [3.8, 4) is 0 Å². The zero-order valence-electron chi connectivity index (χ0n) is 20.3. The van der Waals surface area contributed by atoms with Crippen LogP contribution in [0, 0.1) is 10.8 Å². The van der Waals surface area contributed by atoms with Gasteiger partial charge in [0.05, 0.1) is 23.6 Å². The second-order valence-corrected chi connectivity index (χ2v) is 11.4. The van der Waals surface area contributed by atoms with Crippen molar-refractivity contribution in [1.82, 2.24) is 19.6 Å². The van der Waals surface area contributed by atoms with Gasteiger partial charge in [-0.3, -0.25) is 23.2 Å². The highest BCUT2D eigenvalue weighted by molar-refractivity contribution is 7.53. The first-order chi connectivity index (χ1) is 15.7. The van der Waals surface area contributed by atoms with Gasteiger partial charge in [0.1, 0.15) is 12.7 Å². The van der Waals surface area contributed by atoms with E-state index < -0.39 is 50.3 Å². The first-order valence-corrected chi connectivity index (χ1v) is 12.2. The van der Waals surface area contributed by atoms with E-state index in [1.165, 1.54) is 10.8 Å². The molecule has 0 saturated heterocycles. The number of nitrogens with zero attached hydrogens (tertiary/aromatic N) is 4. The highest BCUT2D eigenvalue weighted by Gasteiger charge is 2.30. The van der Waals surface area contributed by atoms with Crippen molar-refractivity contribution in [2.24, 2.45) is 10.8 Å². The lowest BCUT2D eigenvalue weighted by molar-refractivity contribution is -0.162. The zero-order chi connectivity index (χ0) is 25.6. The maximum Gasteiger partial charge on any atom is 0.361 e. The number of hydrogen-bond donors (Lipinski definition) is 1. The topological polar surface area (TPSA) is 166 Å². The van der Waals surface area contributed by atoms with Crippen molar-refractivity contribution in [3.63, 3.8) is 0 Å². The Bertz CT molecular complexity index is 1010. The molecule has 2 N–H and O–H groups in total. The van der Waals surface area contributed by atoms with Crippen molar-refractivity contribution >= 4 is 31.1 Å². The molecule has 0 aliphatic carbocycles. The Labute approximate surface area is 197 Å². The smallest absolute Gasteiger partial charge is 0.361 e. The fraction of sp³-hybridized carbons (Fsp3) is 0.650. The highest BCUT2D eigenvalue weighted by atomic mass is 31.2. The quantitative estimate of drug-likeness (QED) is 0.207. The lowest BCUT2D eigenvalue weighted by Gasteiger charge is -2.22. The van der Waals surface area contributed by atoms with Crippen LogP contribution >= 0.6 is 7.60 Å². The maximum atomic E-state index is 13.1. The summed E-state index contributed by atoms with van der Waals surface area (Å²) in [6.45, 7) is 8.88. The van der Waals surface area contributed by atoms with Crippen LogP contribution in [0.1, 0.15) is 47.1 Å². The summed E-state index contributed by atoms with van der Waals surface area (Å²) < 4.78 is 40.4. The number of aromatic nitrogens is 4. The van der Waals surface area contributed by atoms with Gasteiger partial charge in [0.2, 0.25) is 19.5 Å². The number of anilines is 1. The summed E-state index contributed by atoms with van der Waals surface area (Å²) in [7, 11) is -3.94. The number of ether oxygens (including phenoxy) is 3. The van der Waals surface area contributed by atoms with E-state index >= 15 is 0 Å². The lowest BCUT2D eigenvalue weighted by atomic mass is 9.98. The normalized spacial score (nSPS) is 12.6. The summed E-state index contributed by atoms with van der Waals surface area (Å²) in [5.74, 6) is -0.903. The standard InChI is InChI=1S/C20H32N5O8P/c1-19(2,3)16(26)30-11-32-34(28,33-12-31-17(27)20(4,5)6)13-29-8-7-14-9-24-25-15(14)22-10-23-18(25)21/h9-10H,7-8,11-13H2,1-6H3,(H2,21,22,23). The number of fused-ring (bicyclic) bond motifs is 1. The van der Waals surface area contributed by atoms with E-state index in [0.717, 1.165) is 5.56 Å². The number of nitrogens with two attached hydrogens (primary N) is 1. The molecule has 34 heavy (non-hydrogen) atoms. The van der Waals surface area contributed by atoms with Gasteiger partial charge in [0.15, 0.2) is 5.65 Å². The molecule has 0 atom stereocenters. The van der Waals surface area contributed by atoms with Crippen LogP contribution in [0.2, 0.25) is 0 Å². The third-order valence-corrected chi connectivity index (χ3v) is 5.77. The van der Waals surface area contributed by atoms with E-state index in [-0.39, 0.29) is 12.6 Å². The molecule has 2 aromatic rings. The van der Waals surface area contributed by atoms with Crippen LogP contribution in [0.4, 0.5) is 5.95 Å². The molecular weight excluding hydrogens is 469 g/mol. The third-order valence-electron chi connectivity index (χ3n) is 4.27. The second kappa shape index (κ2) is 11.2. The molecule has 2 aromatic heterocycles. The molecule has 14 heteroatoms. The van der Waals surface area contributed by atoms with Crippen LogP contribution in [0.3, 0.4) is 0 Å². The van der Waals surface area contributed by atoms with Crippen LogP contribution in [-0.2, 0) is 43.8 Å². The molecule has 0 radical (unpaired) electrons. The summed E-state index contributed by atoms with van der Waals surface area (Å²) in [6.07, 6.45) is 2.81. The summed E-state index contributed by atoms with van der Waals surface area (Å²) in [4.78, 5) is 31.8. The van der Waals surface area contributed by atoms with E-state index in [1.807, 2.05) is 0 Å². The predicted octanol–water partition coefficient (Wildman–Crippen LogP) is 2.54. The van der Waals surface area contributed by atoms with Gasteiger partial charge in [-0.05, 0) is 41.5 Å². The fourth-order valence-electron chi connectivity index (χ4n) is 2.28. The minimum atomic E-state index is -3.94. The first kappa shape index (κ1) is 27.6. The van der Waals surface area contributed by atoms with Gasteiger partial charge in [0, 0.05) is 12.0 Å². The van der Waals surface area contributed by atoms with Crippen molar-refractivity contribution in [3.05, 3.63) is 18.1 Å². The molecule has 0 fully saturated rings. The lowest BCUT2D eigenvalue weighted by Crippen LogP contribution is -2.25. The molecule has 0 aliphatic heterocycles. The number of carbonyl (C=O) groups is 2. The SMILES string of the molecule is CC(C)(C)C(=O)OCOP(=O)(COCCc1cnn2c(N)ncnc12)OCOC(=O)C(C)(C)C. The van der Waals surface area contributed by atoms with E-state index in [4.69, 9.17) is 29.0 Å². The maximum absolute atomic E-state index is 13.1. The number of hydrogen-bond acceptors (Lipinski definition) is 12. The van der Waals surface area contributed by atoms with Gasteiger partial charge in [-0.15, -0.1) is 0 Å². The zero-order valence-corrected chi connectivity index (χ0v) is 21.2. The Hall–Kier alpha value is -2.60. The Morgan fingerprint density at radius 3 is 2.09 bits per heavy atom. The van der Waals surface area contributed by atoms with Crippen molar-refractivity contribution < 1.29 is 37.4 Å². The number of rotatable bonds is 11. The van der Waals surface area contributed by atoms with E-state index in [1.54, 1.807) is 47.7 Å². The van der Waals surface area contributed by atoms with Crippen molar-refractivity contribution in [2.75, 3.05) is 32.3 Å². The second-order valence-electron chi connectivity index (χ2n) is 9.39. The van der Waals surface area contributed by atoms with Crippen LogP contribution in [0.25, 0.3) is 5.65 Å². The van der Waals surface area contributed by atoms with Crippen LogP contribution in [0.5, 0.6) is 0 Å². The summed E-state index contributed by atoms with van der Waals surface area (Å²) in [6, 6.07) is 0. The average molecular weight is 501 g/mol.